The van der Waals surface area contributed by atoms with Crippen molar-refractivity contribution in [3.05, 3.63) is 38.9 Å². The van der Waals surface area contributed by atoms with Gasteiger partial charge >= 0.3 is 0 Å². The van der Waals surface area contributed by atoms with Gasteiger partial charge in [-0.1, -0.05) is 23.8 Å². The van der Waals surface area contributed by atoms with Crippen molar-refractivity contribution in [3.63, 3.8) is 0 Å². The smallest absolute Gasteiger partial charge is 0.292 e. The van der Waals surface area contributed by atoms with Crippen LogP contribution in [0.1, 0.15) is 5.56 Å². The lowest BCUT2D eigenvalue weighted by molar-refractivity contribution is -0.383. The van der Waals surface area contributed by atoms with Crippen molar-refractivity contribution in [2.45, 2.75) is 0 Å². The number of rotatable bonds is 3. The molecule has 6 heteroatoms. The fourth-order valence-corrected chi connectivity index (χ4v) is 1.37. The summed E-state index contributed by atoms with van der Waals surface area (Å²) in [6.07, 6.45) is 3.25. The third-order valence-corrected chi connectivity index (χ3v) is 2.23. The molecule has 15 heavy (non-hydrogen) atoms. The first-order chi connectivity index (χ1) is 7.06. The summed E-state index contributed by atoms with van der Waals surface area (Å²) in [5, 5.41) is 11.0. The van der Waals surface area contributed by atoms with Crippen LogP contribution in [0, 0.1) is 10.1 Å². The van der Waals surface area contributed by atoms with Gasteiger partial charge < -0.3 is 5.73 Å². The molecule has 0 fully saturated rings. The molecular weight excluding hydrogens is 239 g/mol. The maximum Gasteiger partial charge on any atom is 0.292 e. The molecule has 0 bridgehead atoms. The average molecular weight is 247 g/mol. The molecule has 0 saturated carbocycles. The molecule has 0 aliphatic carbocycles. The molecule has 4 nitrogen and oxygen atoms in total. The van der Waals surface area contributed by atoms with Gasteiger partial charge in [0.15, 0.2) is 0 Å². The van der Waals surface area contributed by atoms with E-state index >= 15 is 0 Å². The summed E-state index contributed by atoms with van der Waals surface area (Å²) in [5.41, 5.74) is 5.86. The molecule has 0 spiro atoms. The monoisotopic (exact) mass is 246 g/mol. The number of anilines is 1. The highest BCUT2D eigenvalue weighted by Crippen LogP contribution is 2.29. The minimum Gasteiger partial charge on any atom is -0.393 e. The summed E-state index contributed by atoms with van der Waals surface area (Å²) in [4.78, 5) is 10.0. The molecule has 0 unspecified atom stereocenters. The number of nitrogen functional groups attached to an aromatic ring is 1. The van der Waals surface area contributed by atoms with Crippen molar-refractivity contribution in [2.24, 2.45) is 0 Å². The van der Waals surface area contributed by atoms with Crippen molar-refractivity contribution in [1.29, 1.82) is 0 Å². The van der Waals surface area contributed by atoms with Gasteiger partial charge in [-0.25, -0.2) is 0 Å². The van der Waals surface area contributed by atoms with Crippen LogP contribution in [0.5, 0.6) is 0 Å². The number of benzene rings is 1. The Labute approximate surface area is 96.4 Å². The van der Waals surface area contributed by atoms with Crippen LogP contribution in [-0.2, 0) is 0 Å². The maximum absolute atomic E-state index is 10.6. The summed E-state index contributed by atoms with van der Waals surface area (Å²) in [7, 11) is 0. The average Bonchev–Trinajstić information content (AvgIpc) is 2.16. The van der Waals surface area contributed by atoms with Gasteiger partial charge in [-0.3, -0.25) is 10.1 Å². The summed E-state index contributed by atoms with van der Waals surface area (Å²) >= 11 is 11.3. The van der Waals surface area contributed by atoms with E-state index in [9.17, 15) is 10.1 Å². The van der Waals surface area contributed by atoms with Crippen LogP contribution in [0.4, 0.5) is 11.4 Å². The van der Waals surface area contributed by atoms with Crippen molar-refractivity contribution in [1.82, 2.24) is 0 Å². The summed E-state index contributed by atoms with van der Waals surface area (Å²) in [5.74, 6) is 0.314. The third kappa shape index (κ3) is 2.84. The summed E-state index contributed by atoms with van der Waals surface area (Å²) in [6, 6.07) is 2.67. The van der Waals surface area contributed by atoms with Crippen molar-refractivity contribution in [2.75, 3.05) is 11.6 Å². The first-order valence-corrected chi connectivity index (χ1v) is 4.93. The van der Waals surface area contributed by atoms with Crippen LogP contribution in [0.15, 0.2) is 18.2 Å². The molecule has 0 aliphatic heterocycles. The Balaban J connectivity index is 3.23. The molecule has 0 aromatic heterocycles. The van der Waals surface area contributed by atoms with Gasteiger partial charge in [-0.2, -0.15) is 0 Å². The zero-order valence-corrected chi connectivity index (χ0v) is 9.13. The largest absolute Gasteiger partial charge is 0.393 e. The highest BCUT2D eigenvalue weighted by Gasteiger charge is 2.13. The van der Waals surface area contributed by atoms with Crippen LogP contribution < -0.4 is 5.73 Å². The topological polar surface area (TPSA) is 69.2 Å². The van der Waals surface area contributed by atoms with Crippen LogP contribution in [0.3, 0.4) is 0 Å². The van der Waals surface area contributed by atoms with E-state index < -0.39 is 4.92 Å². The number of nitro benzene ring substituents is 1. The van der Waals surface area contributed by atoms with Gasteiger partial charge in [0.1, 0.15) is 5.69 Å². The highest BCUT2D eigenvalue weighted by atomic mass is 35.5. The minimum absolute atomic E-state index is 0.0491. The molecular formula is C9H8Cl2N2O2. The Kier molecular flexibility index (Phi) is 3.94. The van der Waals surface area contributed by atoms with Crippen LogP contribution in [-0.4, -0.2) is 10.8 Å². The molecule has 0 atom stereocenters. The third-order valence-electron chi connectivity index (χ3n) is 1.73. The van der Waals surface area contributed by atoms with E-state index in [-0.39, 0.29) is 11.4 Å². The number of nitrogens with zero attached hydrogens (tertiary/aromatic N) is 1. The quantitative estimate of drug-likeness (QED) is 0.386. The standard InChI is InChI=1S/C9H8Cl2N2O2/c10-3-1-2-6-4-9(13(14)15)8(12)5-7(6)11/h1-2,4-5H,3,12H2. The highest BCUT2D eigenvalue weighted by molar-refractivity contribution is 6.32. The van der Waals surface area contributed by atoms with Crippen LogP contribution in [0.25, 0.3) is 6.08 Å². The normalized spacial score (nSPS) is 10.8. The number of nitro groups is 1. The predicted molar refractivity (Wildman–Crippen MR) is 62.3 cm³/mol. The SMILES string of the molecule is Nc1cc(Cl)c(C=CCCl)cc1[N+](=O)[O-]. The van der Waals surface area contributed by atoms with E-state index in [1.165, 1.54) is 12.1 Å². The van der Waals surface area contributed by atoms with Gasteiger partial charge in [0.2, 0.25) is 0 Å². The zero-order valence-electron chi connectivity index (χ0n) is 7.61. The second kappa shape index (κ2) is 5.00. The zero-order chi connectivity index (χ0) is 11.4. The summed E-state index contributed by atoms with van der Waals surface area (Å²) in [6.45, 7) is 0. The van der Waals surface area contributed by atoms with E-state index in [2.05, 4.69) is 0 Å². The molecule has 80 valence electrons. The fraction of sp³-hybridized carbons (Fsp3) is 0.111. The first kappa shape index (κ1) is 11.8. The Hall–Kier alpha value is -1.26. The Bertz CT molecular complexity index is 419. The molecule has 1 aromatic rings. The van der Waals surface area contributed by atoms with E-state index in [1.54, 1.807) is 12.2 Å². The van der Waals surface area contributed by atoms with Gasteiger partial charge in [0.25, 0.3) is 5.69 Å². The van der Waals surface area contributed by atoms with Gasteiger partial charge in [-0.05, 0) is 11.6 Å². The van der Waals surface area contributed by atoms with Crippen LogP contribution >= 0.6 is 23.2 Å². The molecule has 0 radical (unpaired) electrons. The number of halogens is 2. The van der Waals surface area contributed by atoms with Crippen LogP contribution in [0.2, 0.25) is 5.02 Å². The second-order valence-corrected chi connectivity index (χ2v) is 3.46. The Morgan fingerprint density at radius 1 is 1.53 bits per heavy atom. The van der Waals surface area contributed by atoms with E-state index in [1.807, 2.05) is 0 Å². The van der Waals surface area contributed by atoms with Crippen molar-refractivity contribution < 1.29 is 4.92 Å². The predicted octanol–water partition coefficient (Wildman–Crippen LogP) is 3.08. The van der Waals surface area contributed by atoms with Crippen molar-refractivity contribution in [3.8, 4) is 0 Å². The van der Waals surface area contributed by atoms with Gasteiger partial charge in [0, 0.05) is 11.9 Å². The number of alkyl halides is 1. The molecule has 0 amide bonds. The number of allylic oxidation sites excluding steroid dienone is 1. The molecule has 2 N–H and O–H groups in total. The molecule has 0 aliphatic rings. The van der Waals surface area contributed by atoms with E-state index in [4.69, 9.17) is 28.9 Å². The lowest BCUT2D eigenvalue weighted by Crippen LogP contribution is -1.96. The molecule has 1 rings (SSSR count). The Morgan fingerprint density at radius 3 is 2.73 bits per heavy atom. The lowest BCUT2D eigenvalue weighted by Gasteiger charge is -2.01. The summed E-state index contributed by atoms with van der Waals surface area (Å²) < 4.78 is 0. The first-order valence-electron chi connectivity index (χ1n) is 4.02. The van der Waals surface area contributed by atoms with Gasteiger partial charge in [-0.15, -0.1) is 11.6 Å². The lowest BCUT2D eigenvalue weighted by atomic mass is 10.1. The maximum atomic E-state index is 10.6. The second-order valence-electron chi connectivity index (χ2n) is 2.75. The molecule has 1 aromatic carbocycles. The molecule has 0 heterocycles. The fourth-order valence-electron chi connectivity index (χ4n) is 1.05. The molecule has 0 saturated heterocycles. The van der Waals surface area contributed by atoms with E-state index in [0.717, 1.165) is 0 Å². The minimum atomic E-state index is -0.552. The van der Waals surface area contributed by atoms with E-state index in [0.29, 0.717) is 16.5 Å². The van der Waals surface area contributed by atoms with Gasteiger partial charge in [0.05, 0.1) is 9.95 Å². The number of hydrogen-bond acceptors (Lipinski definition) is 3. The van der Waals surface area contributed by atoms with Crippen molar-refractivity contribution >= 4 is 40.7 Å². The Morgan fingerprint density at radius 2 is 2.20 bits per heavy atom. The number of nitrogens with two attached hydrogens (primary N) is 1. The number of hydrogen-bond donors (Lipinski definition) is 1.